The van der Waals surface area contributed by atoms with E-state index >= 15 is 0 Å². The standard InChI is InChI=1S/C7H7N3O/c11-10-7-4-2-1-3-6(7)5-8-9-10/h1-4,8H,5H2. The van der Waals surface area contributed by atoms with Crippen molar-refractivity contribution in [2.24, 2.45) is 5.22 Å². The first-order chi connectivity index (χ1) is 5.38. The summed E-state index contributed by atoms with van der Waals surface area (Å²) in [6.07, 6.45) is 0. The molecule has 0 saturated heterocycles. The summed E-state index contributed by atoms with van der Waals surface area (Å²) in [4.78, 5) is 0.596. The molecular weight excluding hydrogens is 142 g/mol. The van der Waals surface area contributed by atoms with E-state index in [1.165, 1.54) is 0 Å². The molecular formula is C7H7N3O. The fraction of sp³-hybridized carbons (Fsp3) is 0.143. The minimum absolute atomic E-state index is 0.596. The zero-order chi connectivity index (χ0) is 7.68. The van der Waals surface area contributed by atoms with Crippen LogP contribution in [-0.2, 0) is 6.54 Å². The SMILES string of the molecule is [O-][N+]1=NNCc2ccccc21. The molecule has 1 heterocycles. The molecule has 0 spiro atoms. The van der Waals surface area contributed by atoms with Gasteiger partial charge in [0.25, 0.3) is 0 Å². The summed E-state index contributed by atoms with van der Waals surface area (Å²) in [5.74, 6) is 0. The van der Waals surface area contributed by atoms with Gasteiger partial charge in [0.2, 0.25) is 0 Å². The van der Waals surface area contributed by atoms with Crippen molar-refractivity contribution in [3.05, 3.63) is 35.0 Å². The highest BCUT2D eigenvalue weighted by molar-refractivity contribution is 5.39. The molecule has 1 aliphatic heterocycles. The van der Waals surface area contributed by atoms with Crippen molar-refractivity contribution in [3.8, 4) is 0 Å². The van der Waals surface area contributed by atoms with Crippen molar-refractivity contribution in [2.45, 2.75) is 6.54 Å². The molecule has 0 atom stereocenters. The molecule has 0 bridgehead atoms. The van der Waals surface area contributed by atoms with E-state index in [1.807, 2.05) is 18.2 Å². The molecule has 1 aromatic carbocycles. The van der Waals surface area contributed by atoms with Gasteiger partial charge in [-0.25, -0.2) is 0 Å². The Morgan fingerprint density at radius 1 is 1.45 bits per heavy atom. The number of benzene rings is 1. The average molecular weight is 149 g/mol. The van der Waals surface area contributed by atoms with Gasteiger partial charge < -0.3 is 5.21 Å². The molecule has 0 aliphatic carbocycles. The van der Waals surface area contributed by atoms with Crippen LogP contribution in [0.4, 0.5) is 5.69 Å². The third-order valence-corrected chi connectivity index (χ3v) is 1.63. The van der Waals surface area contributed by atoms with Gasteiger partial charge in [0.05, 0.1) is 5.22 Å². The minimum Gasteiger partial charge on any atom is -0.691 e. The molecule has 4 nitrogen and oxygen atoms in total. The van der Waals surface area contributed by atoms with Gasteiger partial charge in [-0.2, -0.15) is 5.43 Å². The molecule has 0 saturated carbocycles. The average Bonchev–Trinajstić information content (AvgIpc) is 2.06. The Labute approximate surface area is 63.7 Å². The van der Waals surface area contributed by atoms with Crippen molar-refractivity contribution < 1.29 is 4.86 Å². The Hall–Kier alpha value is -1.58. The molecule has 0 aromatic heterocycles. The summed E-state index contributed by atoms with van der Waals surface area (Å²) in [6, 6.07) is 7.39. The maximum absolute atomic E-state index is 11.0. The Morgan fingerprint density at radius 2 is 2.27 bits per heavy atom. The number of nitrogens with zero attached hydrogens (tertiary/aromatic N) is 2. The molecule has 11 heavy (non-hydrogen) atoms. The molecule has 1 aromatic rings. The first kappa shape index (κ1) is 6.15. The summed E-state index contributed by atoms with van der Waals surface area (Å²) in [7, 11) is 0. The lowest BCUT2D eigenvalue weighted by molar-refractivity contribution is -0.453. The first-order valence-corrected chi connectivity index (χ1v) is 3.36. The topological polar surface area (TPSA) is 50.5 Å². The summed E-state index contributed by atoms with van der Waals surface area (Å²) in [6.45, 7) is 0.634. The summed E-state index contributed by atoms with van der Waals surface area (Å²) >= 11 is 0. The number of hydrogen-bond donors (Lipinski definition) is 1. The predicted molar refractivity (Wildman–Crippen MR) is 39.0 cm³/mol. The maximum Gasteiger partial charge on any atom is 0.161 e. The fourth-order valence-corrected chi connectivity index (χ4v) is 1.09. The Bertz CT molecular complexity index is 308. The van der Waals surface area contributed by atoms with E-state index in [4.69, 9.17) is 0 Å². The van der Waals surface area contributed by atoms with E-state index in [9.17, 15) is 5.21 Å². The Kier molecular flexibility index (Phi) is 1.25. The van der Waals surface area contributed by atoms with Gasteiger partial charge >= 0.3 is 0 Å². The summed E-state index contributed by atoms with van der Waals surface area (Å²) < 4.78 is 0. The van der Waals surface area contributed by atoms with E-state index in [0.717, 1.165) is 5.56 Å². The van der Waals surface area contributed by atoms with Crippen LogP contribution in [0.5, 0.6) is 0 Å². The number of fused-ring (bicyclic) bond motifs is 1. The lowest BCUT2D eigenvalue weighted by atomic mass is 10.2. The van der Waals surface area contributed by atoms with E-state index in [0.29, 0.717) is 17.1 Å². The van der Waals surface area contributed by atoms with Gasteiger partial charge in [0.15, 0.2) is 5.69 Å². The van der Waals surface area contributed by atoms with Crippen LogP contribution >= 0.6 is 0 Å². The highest BCUT2D eigenvalue weighted by atomic mass is 16.5. The molecule has 1 aliphatic rings. The van der Waals surface area contributed by atoms with Crippen molar-refractivity contribution in [3.63, 3.8) is 0 Å². The molecule has 2 rings (SSSR count). The summed E-state index contributed by atoms with van der Waals surface area (Å²) in [5.41, 5.74) is 4.24. The van der Waals surface area contributed by atoms with Crippen LogP contribution in [0.25, 0.3) is 0 Å². The molecule has 4 heteroatoms. The second-order valence-corrected chi connectivity index (χ2v) is 2.34. The fourth-order valence-electron chi connectivity index (χ4n) is 1.09. The van der Waals surface area contributed by atoms with Gasteiger partial charge in [-0.05, 0) is 6.07 Å². The van der Waals surface area contributed by atoms with Gasteiger partial charge in [-0.15, -0.1) is 4.86 Å². The number of nitrogens with one attached hydrogen (secondary N) is 1. The predicted octanol–water partition coefficient (Wildman–Crippen LogP) is 1.30. The zero-order valence-corrected chi connectivity index (χ0v) is 5.82. The van der Waals surface area contributed by atoms with Crippen LogP contribution in [0, 0.1) is 5.21 Å². The maximum atomic E-state index is 11.0. The van der Waals surface area contributed by atoms with Crippen LogP contribution in [0.2, 0.25) is 0 Å². The van der Waals surface area contributed by atoms with Crippen LogP contribution in [0.1, 0.15) is 5.56 Å². The number of para-hydroxylation sites is 1. The highest BCUT2D eigenvalue weighted by Gasteiger charge is 2.11. The normalized spacial score (nSPS) is 14.7. The lowest BCUT2D eigenvalue weighted by Gasteiger charge is -2.12. The van der Waals surface area contributed by atoms with Gasteiger partial charge in [0, 0.05) is 5.56 Å². The van der Waals surface area contributed by atoms with Crippen LogP contribution in [-0.4, -0.2) is 4.86 Å². The van der Waals surface area contributed by atoms with Crippen molar-refractivity contribution in [1.82, 2.24) is 5.43 Å². The van der Waals surface area contributed by atoms with E-state index in [2.05, 4.69) is 10.6 Å². The first-order valence-electron chi connectivity index (χ1n) is 3.36. The van der Waals surface area contributed by atoms with Gasteiger partial charge in [-0.1, -0.05) is 18.2 Å². The highest BCUT2D eigenvalue weighted by Crippen LogP contribution is 2.19. The van der Waals surface area contributed by atoms with E-state index in [1.54, 1.807) is 6.07 Å². The Balaban J connectivity index is 2.56. The van der Waals surface area contributed by atoms with Crippen LogP contribution in [0.15, 0.2) is 29.5 Å². The van der Waals surface area contributed by atoms with E-state index in [-0.39, 0.29) is 0 Å². The largest absolute Gasteiger partial charge is 0.691 e. The van der Waals surface area contributed by atoms with Crippen molar-refractivity contribution in [2.75, 3.05) is 0 Å². The smallest absolute Gasteiger partial charge is 0.161 e. The van der Waals surface area contributed by atoms with Crippen LogP contribution in [0.3, 0.4) is 0 Å². The van der Waals surface area contributed by atoms with Gasteiger partial charge in [0.1, 0.15) is 6.54 Å². The molecule has 0 radical (unpaired) electrons. The molecule has 0 unspecified atom stereocenters. The lowest BCUT2D eigenvalue weighted by Crippen LogP contribution is -2.15. The van der Waals surface area contributed by atoms with Crippen molar-refractivity contribution in [1.29, 1.82) is 0 Å². The second-order valence-electron chi connectivity index (χ2n) is 2.34. The third-order valence-electron chi connectivity index (χ3n) is 1.63. The molecule has 0 fully saturated rings. The second kappa shape index (κ2) is 2.23. The van der Waals surface area contributed by atoms with Crippen LogP contribution < -0.4 is 5.43 Å². The molecule has 0 amide bonds. The zero-order valence-electron chi connectivity index (χ0n) is 5.82. The minimum atomic E-state index is 0.596. The van der Waals surface area contributed by atoms with Gasteiger partial charge in [-0.3, -0.25) is 0 Å². The Morgan fingerprint density at radius 3 is 3.09 bits per heavy atom. The molecule has 56 valence electrons. The number of hydrogen-bond acceptors (Lipinski definition) is 3. The summed E-state index contributed by atoms with van der Waals surface area (Å²) in [5, 5.41) is 14.5. The third kappa shape index (κ3) is 0.920. The monoisotopic (exact) mass is 149 g/mol. The van der Waals surface area contributed by atoms with Crippen molar-refractivity contribution >= 4 is 5.69 Å². The quantitative estimate of drug-likeness (QED) is 0.446. The number of rotatable bonds is 0. The van der Waals surface area contributed by atoms with E-state index < -0.39 is 0 Å². The molecule has 1 N–H and O–H groups in total.